The van der Waals surface area contributed by atoms with Crippen molar-refractivity contribution >= 4 is 17.1 Å². The van der Waals surface area contributed by atoms with Gasteiger partial charge < -0.3 is 14.7 Å². The molecule has 0 saturated carbocycles. The van der Waals surface area contributed by atoms with E-state index in [1.54, 1.807) is 24.3 Å². The summed E-state index contributed by atoms with van der Waals surface area (Å²) in [6.07, 6.45) is 2.45. The van der Waals surface area contributed by atoms with Gasteiger partial charge in [0, 0.05) is 31.9 Å². The second kappa shape index (κ2) is 8.70. The summed E-state index contributed by atoms with van der Waals surface area (Å²) in [7, 11) is 0. The van der Waals surface area contributed by atoms with Crippen molar-refractivity contribution in [3.63, 3.8) is 0 Å². The fraction of sp³-hybridized carbons (Fsp3) is 0.500. The Morgan fingerprint density at radius 1 is 0.862 bits per heavy atom. The third-order valence-electron chi connectivity index (χ3n) is 6.11. The van der Waals surface area contributed by atoms with Gasteiger partial charge in [0.2, 0.25) is 0 Å². The quantitative estimate of drug-likeness (QED) is 0.676. The van der Waals surface area contributed by atoms with Crippen molar-refractivity contribution in [2.75, 3.05) is 49.1 Å². The number of likely N-dealkylation sites (tertiary alicyclic amines) is 1. The molecule has 0 aromatic heterocycles. The van der Waals surface area contributed by atoms with E-state index in [0.717, 1.165) is 36.7 Å². The lowest BCUT2D eigenvalue weighted by Crippen LogP contribution is -2.44. The van der Waals surface area contributed by atoms with Gasteiger partial charge in [0.15, 0.2) is 0 Å². The highest BCUT2D eigenvalue weighted by Gasteiger charge is 2.28. The van der Waals surface area contributed by atoms with E-state index in [0.29, 0.717) is 11.8 Å². The first-order valence-electron chi connectivity index (χ1n) is 10.8. The van der Waals surface area contributed by atoms with Gasteiger partial charge in [0.25, 0.3) is 0 Å². The van der Waals surface area contributed by atoms with E-state index in [2.05, 4.69) is 28.5 Å². The van der Waals surface area contributed by atoms with Crippen LogP contribution in [0.5, 0.6) is 0 Å². The highest BCUT2D eigenvalue weighted by molar-refractivity contribution is 5.79. The number of anilines is 3. The molecule has 0 atom stereocenters. The molecule has 29 heavy (non-hydrogen) atoms. The molecule has 2 heterocycles. The Morgan fingerprint density at radius 2 is 1.55 bits per heavy atom. The van der Waals surface area contributed by atoms with Crippen LogP contribution in [-0.2, 0) is 0 Å². The average Bonchev–Trinajstić information content (AvgIpc) is 2.70. The Kier molecular flexibility index (Phi) is 6.04. The van der Waals surface area contributed by atoms with Gasteiger partial charge in [-0.15, -0.1) is 0 Å². The molecule has 2 aliphatic heterocycles. The summed E-state index contributed by atoms with van der Waals surface area (Å²) in [5.74, 6) is 0.900. The molecule has 0 radical (unpaired) electrons. The first kappa shape index (κ1) is 20.1. The Hall–Kier alpha value is -2.14. The largest absolute Gasteiger partial charge is 0.368 e. The monoisotopic (exact) mass is 399 g/mol. The van der Waals surface area contributed by atoms with Crippen molar-refractivity contribution in [2.24, 2.45) is 11.8 Å². The van der Waals surface area contributed by atoms with Gasteiger partial charge in [-0.25, -0.2) is 8.78 Å². The van der Waals surface area contributed by atoms with Gasteiger partial charge in [0.1, 0.15) is 11.6 Å². The molecule has 0 aliphatic carbocycles. The minimum Gasteiger partial charge on any atom is -0.368 e. The van der Waals surface area contributed by atoms with Crippen LogP contribution < -0.4 is 9.80 Å². The third kappa shape index (κ3) is 4.72. The molecule has 5 heteroatoms. The second-order valence-electron chi connectivity index (χ2n) is 8.84. The van der Waals surface area contributed by atoms with Crippen molar-refractivity contribution in [3.05, 3.63) is 54.1 Å². The van der Waals surface area contributed by atoms with E-state index in [4.69, 9.17) is 0 Å². The maximum Gasteiger partial charge on any atom is 0.125 e. The number of hydrogen-bond acceptors (Lipinski definition) is 3. The summed E-state index contributed by atoms with van der Waals surface area (Å²) in [6, 6.07) is 11.5. The standard InChI is InChI=1S/C24H31F2N3/c1-18(2)16-27-11-9-19(10-12-27)17-28-13-14-29(22-6-3-20(25)4-7-22)24-15-21(26)5-8-23(24)28/h3-8,15,18-19H,9-14,16-17H2,1-2H3. The van der Waals surface area contributed by atoms with Crippen LogP contribution in [0.1, 0.15) is 26.7 Å². The third-order valence-corrected chi connectivity index (χ3v) is 6.11. The fourth-order valence-corrected chi connectivity index (χ4v) is 4.70. The molecule has 1 fully saturated rings. The predicted octanol–water partition coefficient (Wildman–Crippen LogP) is 5.29. The van der Waals surface area contributed by atoms with Crippen molar-refractivity contribution in [1.29, 1.82) is 0 Å². The number of rotatable bonds is 5. The predicted molar refractivity (Wildman–Crippen MR) is 116 cm³/mol. The van der Waals surface area contributed by atoms with Crippen LogP contribution in [0.2, 0.25) is 0 Å². The summed E-state index contributed by atoms with van der Waals surface area (Å²) in [4.78, 5) is 7.09. The van der Waals surface area contributed by atoms with Crippen molar-refractivity contribution in [2.45, 2.75) is 26.7 Å². The van der Waals surface area contributed by atoms with E-state index in [9.17, 15) is 8.78 Å². The fourth-order valence-electron chi connectivity index (χ4n) is 4.70. The lowest BCUT2D eigenvalue weighted by atomic mass is 9.95. The minimum absolute atomic E-state index is 0.236. The van der Waals surface area contributed by atoms with E-state index >= 15 is 0 Å². The molecule has 1 saturated heterocycles. The first-order chi connectivity index (χ1) is 14.0. The SMILES string of the molecule is CC(C)CN1CCC(CN2CCN(c3ccc(F)cc3)c3cc(F)ccc32)CC1. The second-order valence-corrected chi connectivity index (χ2v) is 8.84. The van der Waals surface area contributed by atoms with Crippen LogP contribution in [0, 0.1) is 23.5 Å². The zero-order valence-corrected chi connectivity index (χ0v) is 17.5. The molecular weight excluding hydrogens is 368 g/mol. The van der Waals surface area contributed by atoms with Gasteiger partial charge >= 0.3 is 0 Å². The topological polar surface area (TPSA) is 9.72 Å². The van der Waals surface area contributed by atoms with Crippen molar-refractivity contribution in [1.82, 2.24) is 4.90 Å². The number of piperidine rings is 1. The summed E-state index contributed by atoms with van der Waals surface area (Å²) >= 11 is 0. The Bertz CT molecular complexity index is 813. The molecule has 2 aliphatic rings. The lowest BCUT2D eigenvalue weighted by molar-refractivity contribution is 0.169. The number of fused-ring (bicyclic) bond motifs is 1. The summed E-state index contributed by atoms with van der Waals surface area (Å²) in [5, 5.41) is 0. The molecule has 0 spiro atoms. The van der Waals surface area contributed by atoms with E-state index < -0.39 is 0 Å². The minimum atomic E-state index is -0.254. The lowest BCUT2D eigenvalue weighted by Gasteiger charge is -2.42. The summed E-state index contributed by atoms with van der Waals surface area (Å²) in [6.45, 7) is 10.8. The Labute approximate surface area is 172 Å². The molecule has 2 aromatic rings. The normalized spacial score (nSPS) is 18.4. The summed E-state index contributed by atoms with van der Waals surface area (Å²) in [5.41, 5.74) is 2.85. The zero-order valence-electron chi connectivity index (χ0n) is 17.5. The smallest absolute Gasteiger partial charge is 0.125 e. The molecule has 0 unspecified atom stereocenters. The number of nitrogens with zero attached hydrogens (tertiary/aromatic N) is 3. The molecule has 2 aromatic carbocycles. The maximum atomic E-state index is 14.1. The maximum absolute atomic E-state index is 14.1. The van der Waals surface area contributed by atoms with Gasteiger partial charge in [-0.2, -0.15) is 0 Å². The zero-order chi connectivity index (χ0) is 20.4. The Balaban J connectivity index is 1.48. The van der Waals surface area contributed by atoms with Crippen LogP contribution in [0.4, 0.5) is 25.8 Å². The summed E-state index contributed by atoms with van der Waals surface area (Å²) < 4.78 is 27.4. The highest BCUT2D eigenvalue weighted by atomic mass is 19.1. The number of halogens is 2. The van der Waals surface area contributed by atoms with Crippen LogP contribution >= 0.6 is 0 Å². The van der Waals surface area contributed by atoms with Crippen molar-refractivity contribution in [3.8, 4) is 0 Å². The van der Waals surface area contributed by atoms with Crippen LogP contribution in [-0.4, -0.2) is 44.2 Å². The molecule has 0 amide bonds. The first-order valence-corrected chi connectivity index (χ1v) is 10.8. The average molecular weight is 400 g/mol. The van der Waals surface area contributed by atoms with Gasteiger partial charge in [0.05, 0.1) is 11.4 Å². The van der Waals surface area contributed by atoms with Crippen LogP contribution in [0.25, 0.3) is 0 Å². The Morgan fingerprint density at radius 3 is 2.24 bits per heavy atom. The molecule has 3 nitrogen and oxygen atoms in total. The molecule has 4 rings (SSSR count). The molecule has 0 N–H and O–H groups in total. The highest BCUT2D eigenvalue weighted by Crippen LogP contribution is 2.39. The molecule has 156 valence electrons. The van der Waals surface area contributed by atoms with Gasteiger partial charge in [-0.3, -0.25) is 0 Å². The van der Waals surface area contributed by atoms with Gasteiger partial charge in [-0.05, 0) is 80.2 Å². The molecule has 0 bridgehead atoms. The molecular formula is C24H31F2N3. The van der Waals surface area contributed by atoms with Crippen molar-refractivity contribution < 1.29 is 8.78 Å². The van der Waals surface area contributed by atoms with E-state index in [1.165, 1.54) is 44.6 Å². The van der Waals surface area contributed by atoms with Crippen LogP contribution in [0.3, 0.4) is 0 Å². The number of benzene rings is 2. The van der Waals surface area contributed by atoms with Gasteiger partial charge in [-0.1, -0.05) is 13.8 Å². The van der Waals surface area contributed by atoms with E-state index in [1.807, 2.05) is 6.07 Å². The van der Waals surface area contributed by atoms with E-state index in [-0.39, 0.29) is 11.6 Å². The number of hydrogen-bond donors (Lipinski definition) is 0. The van der Waals surface area contributed by atoms with Crippen LogP contribution in [0.15, 0.2) is 42.5 Å².